The number of urea groups is 1. The third-order valence-corrected chi connectivity index (χ3v) is 5.32. The van der Waals surface area contributed by atoms with Gasteiger partial charge in [0.15, 0.2) is 0 Å². The normalized spacial score (nSPS) is 19.9. The SMILES string of the molecule is CCCCCC(=O)N1NC(=C2C(=O)N(C)C(=O)N(C)C2=O)CC1c1ccccc1. The third-order valence-electron chi connectivity index (χ3n) is 5.32. The van der Waals surface area contributed by atoms with Crippen LogP contribution >= 0.6 is 0 Å². The van der Waals surface area contributed by atoms with E-state index in [4.69, 9.17) is 0 Å². The molecule has 0 bridgehead atoms. The Labute approximate surface area is 170 Å². The molecule has 2 aliphatic heterocycles. The molecule has 0 saturated carbocycles. The summed E-state index contributed by atoms with van der Waals surface area (Å²) in [5, 5.41) is 1.52. The Bertz CT molecular complexity index is 839. The predicted molar refractivity (Wildman–Crippen MR) is 106 cm³/mol. The van der Waals surface area contributed by atoms with E-state index in [1.807, 2.05) is 30.3 Å². The minimum atomic E-state index is -0.672. The van der Waals surface area contributed by atoms with Gasteiger partial charge in [-0.15, -0.1) is 0 Å². The first-order valence-corrected chi connectivity index (χ1v) is 9.83. The number of unbranched alkanes of at least 4 members (excludes halogenated alkanes) is 2. The Kier molecular flexibility index (Phi) is 6.00. The highest BCUT2D eigenvalue weighted by Crippen LogP contribution is 2.35. The van der Waals surface area contributed by atoms with Gasteiger partial charge in [0.25, 0.3) is 11.8 Å². The van der Waals surface area contributed by atoms with Crippen LogP contribution in [-0.2, 0) is 14.4 Å². The first-order valence-electron chi connectivity index (χ1n) is 9.83. The number of amides is 5. The number of likely N-dealkylation sites (N-methyl/N-ethyl adjacent to an activating group) is 2. The summed E-state index contributed by atoms with van der Waals surface area (Å²) in [6.45, 7) is 2.07. The van der Waals surface area contributed by atoms with Gasteiger partial charge in [-0.2, -0.15) is 0 Å². The van der Waals surface area contributed by atoms with Crippen molar-refractivity contribution >= 4 is 23.8 Å². The van der Waals surface area contributed by atoms with Crippen LogP contribution in [0.15, 0.2) is 41.6 Å². The highest BCUT2D eigenvalue weighted by atomic mass is 16.2. The molecule has 0 aliphatic carbocycles. The van der Waals surface area contributed by atoms with Crippen LogP contribution in [0, 0.1) is 0 Å². The van der Waals surface area contributed by atoms with Crippen LogP contribution in [0.1, 0.15) is 50.6 Å². The van der Waals surface area contributed by atoms with Crippen LogP contribution in [-0.4, -0.2) is 52.7 Å². The van der Waals surface area contributed by atoms with Gasteiger partial charge in [0.1, 0.15) is 5.57 Å². The van der Waals surface area contributed by atoms with E-state index in [-0.39, 0.29) is 17.5 Å². The monoisotopic (exact) mass is 398 g/mol. The van der Waals surface area contributed by atoms with Crippen molar-refractivity contribution in [3.63, 3.8) is 0 Å². The summed E-state index contributed by atoms with van der Waals surface area (Å²) >= 11 is 0. The topological polar surface area (TPSA) is 90.0 Å². The highest BCUT2D eigenvalue weighted by Gasteiger charge is 2.43. The molecule has 2 heterocycles. The molecule has 1 unspecified atom stereocenters. The van der Waals surface area contributed by atoms with Gasteiger partial charge in [0.05, 0.1) is 11.7 Å². The molecular formula is C21H26N4O4. The van der Waals surface area contributed by atoms with Crippen molar-refractivity contribution in [2.75, 3.05) is 14.1 Å². The molecule has 1 N–H and O–H groups in total. The zero-order valence-electron chi connectivity index (χ0n) is 17.0. The fraction of sp³-hybridized carbons (Fsp3) is 0.429. The Balaban J connectivity index is 1.96. The maximum absolute atomic E-state index is 12.9. The average molecular weight is 398 g/mol. The zero-order chi connectivity index (χ0) is 21.1. The second-order valence-corrected chi connectivity index (χ2v) is 7.33. The molecule has 1 atom stereocenters. The van der Waals surface area contributed by atoms with Gasteiger partial charge in [-0.1, -0.05) is 50.1 Å². The summed E-state index contributed by atoms with van der Waals surface area (Å²) in [6, 6.07) is 8.49. The molecule has 0 spiro atoms. The fourth-order valence-electron chi connectivity index (χ4n) is 3.62. The molecule has 2 aliphatic rings. The molecule has 154 valence electrons. The van der Waals surface area contributed by atoms with Crippen LogP contribution in [0.3, 0.4) is 0 Å². The van der Waals surface area contributed by atoms with E-state index in [1.165, 1.54) is 19.1 Å². The van der Waals surface area contributed by atoms with Gasteiger partial charge in [0.2, 0.25) is 5.91 Å². The van der Waals surface area contributed by atoms with E-state index < -0.39 is 17.8 Å². The summed E-state index contributed by atoms with van der Waals surface area (Å²) in [6.07, 6.45) is 3.42. The number of rotatable bonds is 5. The lowest BCUT2D eigenvalue weighted by Gasteiger charge is -2.30. The number of hydrogen-bond donors (Lipinski definition) is 1. The first-order chi connectivity index (χ1) is 13.9. The maximum atomic E-state index is 12.9. The van der Waals surface area contributed by atoms with Crippen molar-refractivity contribution in [3.05, 3.63) is 47.2 Å². The van der Waals surface area contributed by atoms with Gasteiger partial charge < -0.3 is 0 Å². The standard InChI is InChI=1S/C21H26N4O4/c1-4-5-7-12-17(26)25-16(14-10-8-6-9-11-14)13-15(22-25)18-19(27)23(2)21(29)24(3)20(18)28/h6,8-11,16,22H,4-5,7,12-13H2,1-3H3. The molecule has 8 nitrogen and oxygen atoms in total. The highest BCUT2D eigenvalue weighted by molar-refractivity contribution is 6.28. The molecule has 2 fully saturated rings. The van der Waals surface area contributed by atoms with Gasteiger partial charge >= 0.3 is 6.03 Å². The molecule has 29 heavy (non-hydrogen) atoms. The lowest BCUT2D eigenvalue weighted by Crippen LogP contribution is -2.54. The molecule has 0 radical (unpaired) electrons. The van der Waals surface area contributed by atoms with E-state index in [0.29, 0.717) is 18.5 Å². The van der Waals surface area contributed by atoms with Gasteiger partial charge in [0, 0.05) is 26.9 Å². The number of carbonyl (C=O) groups is 4. The summed E-state index contributed by atoms with van der Waals surface area (Å²) in [5.74, 6) is -1.41. The maximum Gasteiger partial charge on any atom is 0.333 e. The van der Waals surface area contributed by atoms with Gasteiger partial charge in [-0.25, -0.2) is 9.80 Å². The largest absolute Gasteiger partial charge is 0.333 e. The van der Waals surface area contributed by atoms with E-state index in [9.17, 15) is 19.2 Å². The molecule has 0 aromatic heterocycles. The van der Waals surface area contributed by atoms with Crippen molar-refractivity contribution < 1.29 is 19.2 Å². The summed E-state index contributed by atoms with van der Waals surface area (Å²) in [5.41, 5.74) is 4.19. The Morgan fingerprint density at radius 3 is 2.24 bits per heavy atom. The van der Waals surface area contributed by atoms with Crippen LogP contribution in [0.2, 0.25) is 0 Å². The fourth-order valence-corrected chi connectivity index (χ4v) is 3.62. The molecule has 8 heteroatoms. The minimum absolute atomic E-state index is 0.0867. The van der Waals surface area contributed by atoms with Gasteiger partial charge in [-0.05, 0) is 12.0 Å². The van der Waals surface area contributed by atoms with Crippen molar-refractivity contribution in [2.24, 2.45) is 0 Å². The number of hydrogen-bond acceptors (Lipinski definition) is 5. The first kappa shape index (κ1) is 20.6. The van der Waals surface area contributed by atoms with Gasteiger partial charge in [-0.3, -0.25) is 29.6 Å². The van der Waals surface area contributed by atoms with Crippen LogP contribution in [0.4, 0.5) is 4.79 Å². The average Bonchev–Trinajstić information content (AvgIpc) is 3.17. The van der Waals surface area contributed by atoms with E-state index in [2.05, 4.69) is 12.3 Å². The Hall–Kier alpha value is -3.16. The van der Waals surface area contributed by atoms with E-state index in [1.54, 1.807) is 0 Å². The van der Waals surface area contributed by atoms with Crippen LogP contribution in [0.5, 0.6) is 0 Å². The van der Waals surface area contributed by atoms with Crippen molar-refractivity contribution in [1.29, 1.82) is 0 Å². The smallest absolute Gasteiger partial charge is 0.298 e. The van der Waals surface area contributed by atoms with E-state index in [0.717, 1.165) is 34.6 Å². The number of benzene rings is 1. The second kappa shape index (κ2) is 8.46. The van der Waals surface area contributed by atoms with Crippen molar-refractivity contribution in [1.82, 2.24) is 20.2 Å². The number of hydrazine groups is 1. The predicted octanol–water partition coefficient (Wildman–Crippen LogP) is 2.35. The zero-order valence-corrected chi connectivity index (χ0v) is 17.0. The molecule has 1 aromatic carbocycles. The van der Waals surface area contributed by atoms with Crippen LogP contribution < -0.4 is 5.43 Å². The minimum Gasteiger partial charge on any atom is -0.298 e. The number of nitrogens with zero attached hydrogens (tertiary/aromatic N) is 3. The molecule has 2 saturated heterocycles. The second-order valence-electron chi connectivity index (χ2n) is 7.33. The molecular weight excluding hydrogens is 372 g/mol. The van der Waals surface area contributed by atoms with Crippen molar-refractivity contribution in [3.8, 4) is 0 Å². The summed E-state index contributed by atoms with van der Waals surface area (Å²) in [7, 11) is 2.68. The molecule has 5 amide bonds. The number of nitrogens with one attached hydrogen (secondary N) is 1. The lowest BCUT2D eigenvalue weighted by molar-refractivity contribution is -0.136. The van der Waals surface area contributed by atoms with Crippen LogP contribution in [0.25, 0.3) is 0 Å². The van der Waals surface area contributed by atoms with E-state index >= 15 is 0 Å². The summed E-state index contributed by atoms with van der Waals surface area (Å²) in [4.78, 5) is 52.0. The Morgan fingerprint density at radius 1 is 1.03 bits per heavy atom. The summed E-state index contributed by atoms with van der Waals surface area (Å²) < 4.78 is 0. The Morgan fingerprint density at radius 2 is 1.66 bits per heavy atom. The quantitative estimate of drug-likeness (QED) is 0.467. The molecule has 1 aromatic rings. The lowest BCUT2D eigenvalue weighted by atomic mass is 9.99. The third kappa shape index (κ3) is 3.87. The van der Waals surface area contributed by atoms with Crippen molar-refractivity contribution in [2.45, 2.75) is 45.1 Å². The molecule has 3 rings (SSSR count). The number of barbiturate groups is 1. The number of carbonyl (C=O) groups excluding carboxylic acids is 4. The number of imide groups is 2.